The highest BCUT2D eigenvalue weighted by Gasteiger charge is 2.38. The topological polar surface area (TPSA) is 29.5 Å². The molecule has 68 valence electrons. The zero-order valence-corrected chi connectivity index (χ0v) is 7.83. The number of ether oxygens (including phenoxy) is 1. The van der Waals surface area contributed by atoms with E-state index in [0.717, 1.165) is 0 Å². The minimum Gasteiger partial charge on any atom is -0.449 e. The first-order valence-corrected chi connectivity index (χ1v) is 4.06. The Morgan fingerprint density at radius 2 is 2.33 bits per heavy atom. The number of carbonyl (C=O) groups excluding carboxylic acids is 1. The van der Waals surface area contributed by atoms with Crippen molar-refractivity contribution in [1.29, 1.82) is 0 Å². The van der Waals surface area contributed by atoms with Gasteiger partial charge in [0.2, 0.25) is 0 Å². The van der Waals surface area contributed by atoms with Crippen LogP contribution in [0.1, 0.15) is 20.8 Å². The van der Waals surface area contributed by atoms with Gasteiger partial charge in [0.15, 0.2) is 0 Å². The minimum atomic E-state index is -0.295. The average molecular weight is 169 g/mol. The number of cyclic esters (lactones) is 1. The first kappa shape index (κ1) is 9.10. The van der Waals surface area contributed by atoms with Crippen LogP contribution in [0, 0.1) is 5.41 Å². The maximum atomic E-state index is 11.2. The quantitative estimate of drug-likeness (QED) is 0.600. The molecular weight excluding hydrogens is 154 g/mol. The summed E-state index contributed by atoms with van der Waals surface area (Å²) in [5.74, 6) is 0. The molecule has 0 aromatic rings. The van der Waals surface area contributed by atoms with E-state index in [1.54, 1.807) is 0 Å². The molecule has 1 fully saturated rings. The van der Waals surface area contributed by atoms with E-state index in [1.807, 2.05) is 6.92 Å². The molecule has 0 spiro atoms. The van der Waals surface area contributed by atoms with Crippen LogP contribution in [-0.2, 0) is 4.74 Å². The third-order valence-electron chi connectivity index (χ3n) is 2.52. The van der Waals surface area contributed by atoms with E-state index >= 15 is 0 Å². The maximum Gasteiger partial charge on any atom is 0.414 e. The zero-order chi connectivity index (χ0) is 9.35. The van der Waals surface area contributed by atoms with Gasteiger partial charge in [-0.2, -0.15) is 0 Å². The number of rotatable bonds is 1. The van der Waals surface area contributed by atoms with Gasteiger partial charge in [-0.1, -0.05) is 20.4 Å². The van der Waals surface area contributed by atoms with Gasteiger partial charge in [0.1, 0.15) is 6.61 Å². The third-order valence-corrected chi connectivity index (χ3v) is 2.52. The number of nitrogens with zero attached hydrogens (tertiary/aromatic N) is 1. The minimum absolute atomic E-state index is 0.00208. The van der Waals surface area contributed by atoms with Gasteiger partial charge < -0.3 is 4.74 Å². The summed E-state index contributed by atoms with van der Waals surface area (Å²) in [5.41, 5.74) is 0.00208. The molecule has 0 radical (unpaired) electrons. The van der Waals surface area contributed by atoms with E-state index in [0.29, 0.717) is 6.61 Å². The van der Waals surface area contributed by atoms with Gasteiger partial charge in [-0.05, 0) is 6.92 Å². The average Bonchev–Trinajstić information content (AvgIpc) is 2.00. The summed E-state index contributed by atoms with van der Waals surface area (Å²) in [6.07, 6.45) is 1.23. The molecular formula is C9H15NO2. The van der Waals surface area contributed by atoms with Crippen LogP contribution in [0.5, 0.6) is 0 Å². The van der Waals surface area contributed by atoms with Gasteiger partial charge >= 0.3 is 6.09 Å². The summed E-state index contributed by atoms with van der Waals surface area (Å²) in [7, 11) is 0. The monoisotopic (exact) mass is 169 g/mol. The lowest BCUT2D eigenvalue weighted by Crippen LogP contribution is -2.51. The molecule has 0 aromatic heterocycles. The van der Waals surface area contributed by atoms with Crippen molar-refractivity contribution in [3.8, 4) is 0 Å². The Kier molecular flexibility index (Phi) is 2.13. The molecule has 1 aliphatic rings. The molecule has 1 heterocycles. The maximum absolute atomic E-state index is 11.2. The highest BCUT2D eigenvalue weighted by atomic mass is 16.6. The molecule has 1 atom stereocenters. The fraction of sp³-hybridized carbons (Fsp3) is 0.667. The molecule has 1 unspecified atom stereocenters. The fourth-order valence-corrected chi connectivity index (χ4v) is 1.21. The molecule has 12 heavy (non-hydrogen) atoms. The van der Waals surface area contributed by atoms with Crippen molar-refractivity contribution in [2.24, 2.45) is 5.41 Å². The second-order valence-corrected chi connectivity index (χ2v) is 3.81. The van der Waals surface area contributed by atoms with Gasteiger partial charge in [-0.25, -0.2) is 4.79 Å². The standard InChI is InChI=1S/C9H15NO2/c1-5-10-7(2)9(3,4)6-12-8(10)11/h5,7H,1,6H2,2-4H3. The number of carbonyl (C=O) groups is 1. The van der Waals surface area contributed by atoms with Crippen LogP contribution < -0.4 is 0 Å². The number of amides is 1. The Bertz CT molecular complexity index is 211. The summed E-state index contributed by atoms with van der Waals surface area (Å²) in [4.78, 5) is 12.7. The molecule has 3 heteroatoms. The highest BCUT2D eigenvalue weighted by molar-refractivity contribution is 5.70. The molecule has 0 saturated carbocycles. The van der Waals surface area contributed by atoms with Crippen molar-refractivity contribution in [3.05, 3.63) is 12.8 Å². The van der Waals surface area contributed by atoms with Crippen molar-refractivity contribution in [2.75, 3.05) is 6.61 Å². The Hall–Kier alpha value is -0.990. The van der Waals surface area contributed by atoms with E-state index in [2.05, 4.69) is 20.4 Å². The van der Waals surface area contributed by atoms with Gasteiger partial charge in [0.25, 0.3) is 0 Å². The van der Waals surface area contributed by atoms with Crippen LogP contribution in [0.25, 0.3) is 0 Å². The van der Waals surface area contributed by atoms with Crippen molar-refractivity contribution in [3.63, 3.8) is 0 Å². The number of hydrogen-bond acceptors (Lipinski definition) is 2. The van der Waals surface area contributed by atoms with Crippen LogP contribution in [0.15, 0.2) is 12.8 Å². The van der Waals surface area contributed by atoms with Crippen LogP contribution in [0.4, 0.5) is 4.79 Å². The molecule has 1 saturated heterocycles. The lowest BCUT2D eigenvalue weighted by molar-refractivity contribution is -0.00662. The van der Waals surface area contributed by atoms with E-state index in [4.69, 9.17) is 4.74 Å². The summed E-state index contributed by atoms with van der Waals surface area (Å²) >= 11 is 0. The Morgan fingerprint density at radius 3 is 2.75 bits per heavy atom. The van der Waals surface area contributed by atoms with Crippen molar-refractivity contribution in [2.45, 2.75) is 26.8 Å². The van der Waals surface area contributed by atoms with Gasteiger partial charge in [-0.3, -0.25) is 4.90 Å². The zero-order valence-electron chi connectivity index (χ0n) is 7.83. The first-order valence-electron chi connectivity index (χ1n) is 4.06. The summed E-state index contributed by atoms with van der Waals surface area (Å²) < 4.78 is 4.98. The summed E-state index contributed by atoms with van der Waals surface area (Å²) in [6.45, 7) is 10.2. The largest absolute Gasteiger partial charge is 0.449 e. The predicted molar refractivity (Wildman–Crippen MR) is 46.6 cm³/mol. The van der Waals surface area contributed by atoms with Crippen molar-refractivity contribution < 1.29 is 9.53 Å². The summed E-state index contributed by atoms with van der Waals surface area (Å²) in [5, 5.41) is 0. The molecule has 3 nitrogen and oxygen atoms in total. The Morgan fingerprint density at radius 1 is 1.75 bits per heavy atom. The molecule has 0 bridgehead atoms. The van der Waals surface area contributed by atoms with E-state index in [9.17, 15) is 4.79 Å². The normalized spacial score (nSPS) is 28.1. The Labute approximate surface area is 73.0 Å². The van der Waals surface area contributed by atoms with Crippen molar-refractivity contribution >= 4 is 6.09 Å². The van der Waals surface area contributed by atoms with Gasteiger partial charge in [0, 0.05) is 17.7 Å². The van der Waals surface area contributed by atoms with Gasteiger partial charge in [0.05, 0.1) is 0 Å². The Balaban J connectivity index is 2.84. The molecule has 1 amide bonds. The molecule has 0 aromatic carbocycles. The SMILES string of the molecule is C=CN1C(=O)OCC(C)(C)C1C. The second kappa shape index (κ2) is 2.81. The predicted octanol–water partition coefficient (Wildman–Crippen LogP) is 2.00. The van der Waals surface area contributed by atoms with Crippen molar-refractivity contribution in [1.82, 2.24) is 4.90 Å². The van der Waals surface area contributed by atoms with Gasteiger partial charge in [-0.15, -0.1) is 0 Å². The summed E-state index contributed by atoms with van der Waals surface area (Å²) in [6, 6.07) is 0.149. The van der Waals surface area contributed by atoms with E-state index < -0.39 is 0 Å². The lowest BCUT2D eigenvalue weighted by Gasteiger charge is -2.41. The van der Waals surface area contributed by atoms with Crippen LogP contribution in [-0.4, -0.2) is 23.6 Å². The van der Waals surface area contributed by atoms with E-state index in [1.165, 1.54) is 11.1 Å². The molecule has 1 aliphatic heterocycles. The lowest BCUT2D eigenvalue weighted by atomic mass is 9.85. The molecule has 0 N–H and O–H groups in total. The van der Waals surface area contributed by atoms with Crippen LogP contribution >= 0.6 is 0 Å². The van der Waals surface area contributed by atoms with E-state index in [-0.39, 0.29) is 17.6 Å². The number of hydrogen-bond donors (Lipinski definition) is 0. The highest BCUT2D eigenvalue weighted by Crippen LogP contribution is 2.30. The second-order valence-electron chi connectivity index (χ2n) is 3.81. The van der Waals surface area contributed by atoms with Crippen LogP contribution in [0.2, 0.25) is 0 Å². The first-order chi connectivity index (χ1) is 5.49. The van der Waals surface area contributed by atoms with Crippen LogP contribution in [0.3, 0.4) is 0 Å². The molecule has 1 rings (SSSR count). The fourth-order valence-electron chi connectivity index (χ4n) is 1.21. The molecule has 0 aliphatic carbocycles. The smallest absolute Gasteiger partial charge is 0.414 e. The third kappa shape index (κ3) is 1.31.